The zero-order chi connectivity index (χ0) is 28.7. The molecule has 1 saturated carbocycles. The van der Waals surface area contributed by atoms with Gasteiger partial charge in [-0.2, -0.15) is 0 Å². The van der Waals surface area contributed by atoms with E-state index in [0.29, 0.717) is 10.7 Å². The van der Waals surface area contributed by atoms with Gasteiger partial charge in [0.05, 0.1) is 10.6 Å². The number of hydrogen-bond donors (Lipinski definition) is 1. The van der Waals surface area contributed by atoms with Crippen LogP contribution in [0.15, 0.2) is 83.8 Å². The maximum atomic E-state index is 14.0. The van der Waals surface area contributed by atoms with Gasteiger partial charge in [-0.3, -0.25) is 13.9 Å². The van der Waals surface area contributed by atoms with Gasteiger partial charge in [0.2, 0.25) is 11.8 Å². The molecule has 0 heterocycles. The van der Waals surface area contributed by atoms with E-state index in [2.05, 4.69) is 5.32 Å². The van der Waals surface area contributed by atoms with Crippen LogP contribution in [0.1, 0.15) is 50.2 Å². The van der Waals surface area contributed by atoms with Gasteiger partial charge in [-0.1, -0.05) is 78.9 Å². The van der Waals surface area contributed by atoms with Gasteiger partial charge in [0.25, 0.3) is 10.0 Å². The largest absolute Gasteiger partial charge is 0.352 e. The van der Waals surface area contributed by atoms with Crippen LogP contribution in [0.5, 0.6) is 0 Å². The molecule has 40 heavy (non-hydrogen) atoms. The molecule has 0 radical (unpaired) electrons. The number of carbonyl (C=O) groups is 2. The lowest BCUT2D eigenvalue weighted by molar-refractivity contribution is -0.139. The number of carbonyl (C=O) groups excluding carboxylic acids is 2. The number of sulfonamides is 1. The van der Waals surface area contributed by atoms with E-state index in [1.54, 1.807) is 49.4 Å². The summed E-state index contributed by atoms with van der Waals surface area (Å²) in [6.45, 7) is 3.36. The molecule has 1 unspecified atom stereocenters. The summed E-state index contributed by atoms with van der Waals surface area (Å²) in [6, 6.07) is 21.3. The number of nitrogens with zero attached hydrogens (tertiary/aromatic N) is 2. The first-order valence-corrected chi connectivity index (χ1v) is 15.5. The topological polar surface area (TPSA) is 86.8 Å². The SMILES string of the molecule is Cc1ccc(CN(C(=O)CN(c2ccc(Cl)cc2)S(=O)(=O)c2ccccc2)C(C)C(=O)NC2CCCCC2)cc1. The number of rotatable bonds is 10. The van der Waals surface area contributed by atoms with Gasteiger partial charge >= 0.3 is 0 Å². The van der Waals surface area contributed by atoms with Gasteiger partial charge in [0.1, 0.15) is 12.6 Å². The molecular formula is C31H36ClN3O4S. The fourth-order valence-electron chi connectivity index (χ4n) is 4.90. The molecule has 2 amide bonds. The second kappa shape index (κ2) is 13.3. The molecule has 0 spiro atoms. The third-order valence-electron chi connectivity index (χ3n) is 7.32. The molecule has 4 rings (SSSR count). The fourth-order valence-corrected chi connectivity index (χ4v) is 6.46. The molecule has 1 aliphatic carbocycles. The Morgan fingerprint density at radius 1 is 0.925 bits per heavy atom. The van der Waals surface area contributed by atoms with Crippen molar-refractivity contribution in [2.45, 2.75) is 69.5 Å². The van der Waals surface area contributed by atoms with E-state index in [-0.39, 0.29) is 23.4 Å². The van der Waals surface area contributed by atoms with Crippen molar-refractivity contribution in [3.63, 3.8) is 0 Å². The highest BCUT2D eigenvalue weighted by Gasteiger charge is 2.33. The van der Waals surface area contributed by atoms with E-state index in [1.807, 2.05) is 31.2 Å². The second-order valence-electron chi connectivity index (χ2n) is 10.3. The first-order valence-electron chi connectivity index (χ1n) is 13.6. The van der Waals surface area contributed by atoms with Crippen molar-refractivity contribution in [3.8, 4) is 0 Å². The minimum absolute atomic E-state index is 0.0610. The molecule has 1 N–H and O–H groups in total. The molecule has 9 heteroatoms. The standard InChI is InChI=1S/C31H36ClN3O4S/c1-23-13-15-25(16-14-23)21-34(24(2)31(37)33-27-9-5-3-6-10-27)30(36)22-35(28-19-17-26(32)18-20-28)40(38,39)29-11-7-4-8-12-29/h4,7-8,11-20,24,27H,3,5-6,9-10,21-22H2,1-2H3,(H,33,37). The average molecular weight is 582 g/mol. The van der Waals surface area contributed by atoms with E-state index in [4.69, 9.17) is 11.6 Å². The van der Waals surface area contributed by atoms with Gasteiger partial charge in [-0.05, 0) is 68.7 Å². The predicted molar refractivity (Wildman–Crippen MR) is 159 cm³/mol. The van der Waals surface area contributed by atoms with Crippen molar-refractivity contribution in [1.82, 2.24) is 10.2 Å². The summed E-state index contributed by atoms with van der Waals surface area (Å²) >= 11 is 6.07. The van der Waals surface area contributed by atoms with Crippen LogP contribution in [0.4, 0.5) is 5.69 Å². The number of amides is 2. The van der Waals surface area contributed by atoms with E-state index in [1.165, 1.54) is 17.0 Å². The monoisotopic (exact) mass is 581 g/mol. The minimum atomic E-state index is -4.10. The third kappa shape index (κ3) is 7.43. The fraction of sp³-hybridized carbons (Fsp3) is 0.355. The van der Waals surface area contributed by atoms with Gasteiger partial charge < -0.3 is 10.2 Å². The maximum Gasteiger partial charge on any atom is 0.264 e. The highest BCUT2D eigenvalue weighted by Crippen LogP contribution is 2.26. The van der Waals surface area contributed by atoms with Crippen LogP contribution in [0.2, 0.25) is 5.02 Å². The van der Waals surface area contributed by atoms with Crippen LogP contribution in [0, 0.1) is 6.92 Å². The number of nitrogens with one attached hydrogen (secondary N) is 1. The van der Waals surface area contributed by atoms with Crippen molar-refractivity contribution in [1.29, 1.82) is 0 Å². The summed E-state index contributed by atoms with van der Waals surface area (Å²) in [7, 11) is -4.10. The highest BCUT2D eigenvalue weighted by atomic mass is 35.5. The van der Waals surface area contributed by atoms with Crippen LogP contribution < -0.4 is 9.62 Å². The van der Waals surface area contributed by atoms with E-state index < -0.39 is 28.5 Å². The number of anilines is 1. The maximum absolute atomic E-state index is 14.0. The molecule has 212 valence electrons. The third-order valence-corrected chi connectivity index (χ3v) is 9.36. The summed E-state index contributed by atoms with van der Waals surface area (Å²) in [5.41, 5.74) is 2.23. The van der Waals surface area contributed by atoms with Crippen LogP contribution in [-0.4, -0.2) is 43.8 Å². The molecule has 3 aromatic rings. The molecule has 1 aliphatic rings. The van der Waals surface area contributed by atoms with E-state index >= 15 is 0 Å². The Morgan fingerprint density at radius 2 is 1.55 bits per heavy atom. The Kier molecular flexibility index (Phi) is 9.87. The molecule has 0 aliphatic heterocycles. The van der Waals surface area contributed by atoms with Crippen molar-refractivity contribution >= 4 is 39.1 Å². The van der Waals surface area contributed by atoms with Gasteiger partial charge in [0, 0.05) is 17.6 Å². The zero-order valence-corrected chi connectivity index (χ0v) is 24.5. The quantitative estimate of drug-likeness (QED) is 0.332. The molecule has 0 saturated heterocycles. The summed E-state index contributed by atoms with van der Waals surface area (Å²) in [6.07, 6.45) is 5.14. The molecule has 0 bridgehead atoms. The summed E-state index contributed by atoms with van der Waals surface area (Å²) < 4.78 is 28.6. The average Bonchev–Trinajstić information content (AvgIpc) is 2.96. The Bertz CT molecular complexity index is 1390. The number of benzene rings is 3. The lowest BCUT2D eigenvalue weighted by Gasteiger charge is -2.33. The lowest BCUT2D eigenvalue weighted by Crippen LogP contribution is -2.53. The first-order chi connectivity index (χ1) is 19.1. The second-order valence-corrected chi connectivity index (χ2v) is 12.6. The van der Waals surface area contributed by atoms with Crippen molar-refractivity contribution < 1.29 is 18.0 Å². The van der Waals surface area contributed by atoms with Crippen molar-refractivity contribution in [3.05, 3.63) is 95.0 Å². The molecule has 0 aromatic heterocycles. The van der Waals surface area contributed by atoms with Crippen LogP contribution in [-0.2, 0) is 26.2 Å². The predicted octanol–water partition coefficient (Wildman–Crippen LogP) is 5.71. The molecule has 1 atom stereocenters. The molecule has 1 fully saturated rings. The van der Waals surface area contributed by atoms with E-state index in [0.717, 1.165) is 47.5 Å². The van der Waals surface area contributed by atoms with Crippen molar-refractivity contribution in [2.24, 2.45) is 0 Å². The van der Waals surface area contributed by atoms with Crippen LogP contribution in [0.3, 0.4) is 0 Å². The number of aryl methyl sites for hydroxylation is 1. The Morgan fingerprint density at radius 3 is 2.17 bits per heavy atom. The molecule has 3 aromatic carbocycles. The Labute approximate surface area is 242 Å². The lowest BCUT2D eigenvalue weighted by atomic mass is 9.95. The summed E-state index contributed by atoms with van der Waals surface area (Å²) in [5.74, 6) is -0.724. The van der Waals surface area contributed by atoms with Crippen LogP contribution >= 0.6 is 11.6 Å². The molecular weight excluding hydrogens is 546 g/mol. The van der Waals surface area contributed by atoms with Gasteiger partial charge in [-0.15, -0.1) is 0 Å². The van der Waals surface area contributed by atoms with Gasteiger partial charge in [0.15, 0.2) is 0 Å². The van der Waals surface area contributed by atoms with Crippen LogP contribution in [0.25, 0.3) is 0 Å². The highest BCUT2D eigenvalue weighted by molar-refractivity contribution is 7.92. The van der Waals surface area contributed by atoms with Gasteiger partial charge in [-0.25, -0.2) is 8.42 Å². The van der Waals surface area contributed by atoms with E-state index in [9.17, 15) is 18.0 Å². The Balaban J connectivity index is 1.65. The van der Waals surface area contributed by atoms with Crippen molar-refractivity contribution in [2.75, 3.05) is 10.8 Å². The minimum Gasteiger partial charge on any atom is -0.352 e. The number of hydrogen-bond acceptors (Lipinski definition) is 4. The summed E-state index contributed by atoms with van der Waals surface area (Å²) in [5, 5.41) is 3.56. The normalized spacial score (nSPS) is 14.8. The first kappa shape index (κ1) is 29.6. The number of halogens is 1. The summed E-state index contributed by atoms with van der Waals surface area (Å²) in [4.78, 5) is 28.9. The Hall–Kier alpha value is -3.36. The smallest absolute Gasteiger partial charge is 0.264 e. The zero-order valence-electron chi connectivity index (χ0n) is 22.9. The molecule has 7 nitrogen and oxygen atoms in total.